The lowest BCUT2D eigenvalue weighted by molar-refractivity contribution is -0.131. The fourth-order valence-electron chi connectivity index (χ4n) is 4.20. The predicted molar refractivity (Wildman–Crippen MR) is 111 cm³/mol. The highest BCUT2D eigenvalue weighted by molar-refractivity contribution is 7.88. The topological polar surface area (TPSA) is 66.5 Å². The van der Waals surface area contributed by atoms with Crippen molar-refractivity contribution in [3.63, 3.8) is 0 Å². The van der Waals surface area contributed by atoms with E-state index in [2.05, 4.69) is 4.72 Å². The van der Waals surface area contributed by atoms with Crippen molar-refractivity contribution < 1.29 is 17.6 Å². The van der Waals surface area contributed by atoms with E-state index in [1.807, 2.05) is 12.1 Å². The summed E-state index contributed by atoms with van der Waals surface area (Å²) >= 11 is 6.30. The molecule has 1 heterocycles. The van der Waals surface area contributed by atoms with Gasteiger partial charge in [-0.3, -0.25) is 4.79 Å². The number of benzene rings is 2. The van der Waals surface area contributed by atoms with Crippen LogP contribution < -0.4 is 4.72 Å². The molecule has 0 radical (unpaired) electrons. The first-order valence-electron chi connectivity index (χ1n) is 9.54. The molecule has 0 unspecified atom stereocenters. The normalized spacial score (nSPS) is 24.0. The van der Waals surface area contributed by atoms with E-state index in [0.717, 1.165) is 11.8 Å². The molecule has 1 N–H and O–H groups in total. The molecule has 0 bridgehead atoms. The number of halogens is 2. The van der Waals surface area contributed by atoms with E-state index in [1.54, 1.807) is 29.2 Å². The van der Waals surface area contributed by atoms with Crippen LogP contribution in [0.3, 0.4) is 0 Å². The van der Waals surface area contributed by atoms with E-state index in [4.69, 9.17) is 11.6 Å². The molecule has 2 aromatic carbocycles. The second-order valence-corrected chi connectivity index (χ2v) is 9.98. The largest absolute Gasteiger partial charge is 0.341 e. The number of likely N-dealkylation sites (tertiary alicyclic amines) is 1. The lowest BCUT2D eigenvalue weighted by Crippen LogP contribution is -2.38. The molecule has 0 spiro atoms. The van der Waals surface area contributed by atoms with Crippen LogP contribution in [0.15, 0.2) is 42.5 Å². The van der Waals surface area contributed by atoms with Gasteiger partial charge < -0.3 is 4.90 Å². The molecular formula is C21H22ClFN2O3S. The molecule has 1 saturated heterocycles. The Bertz CT molecular complexity index is 1060. The monoisotopic (exact) mass is 436 g/mol. The summed E-state index contributed by atoms with van der Waals surface area (Å²) in [5.41, 5.74) is 1.87. The fraction of sp³-hybridized carbons (Fsp3) is 0.381. The van der Waals surface area contributed by atoms with Gasteiger partial charge in [0.1, 0.15) is 5.82 Å². The Morgan fingerprint density at radius 3 is 2.69 bits per heavy atom. The van der Waals surface area contributed by atoms with Crippen molar-refractivity contribution in [3.8, 4) is 11.1 Å². The molecule has 2 aliphatic rings. The minimum absolute atomic E-state index is 0.00201. The Labute approximate surface area is 174 Å². The lowest BCUT2D eigenvalue weighted by Gasteiger charge is -2.17. The van der Waals surface area contributed by atoms with Gasteiger partial charge >= 0.3 is 0 Å². The molecular weight excluding hydrogens is 415 g/mol. The van der Waals surface area contributed by atoms with Gasteiger partial charge in [0, 0.05) is 41.2 Å². The zero-order valence-corrected chi connectivity index (χ0v) is 17.5. The Hall–Kier alpha value is -1.96. The van der Waals surface area contributed by atoms with E-state index < -0.39 is 10.0 Å². The highest BCUT2D eigenvalue weighted by Crippen LogP contribution is 2.52. The lowest BCUT2D eigenvalue weighted by atomic mass is 9.95. The van der Waals surface area contributed by atoms with Crippen LogP contribution in [-0.2, 0) is 14.8 Å². The van der Waals surface area contributed by atoms with Gasteiger partial charge in [-0.05, 0) is 36.5 Å². The second kappa shape index (κ2) is 7.70. The minimum atomic E-state index is -3.30. The number of nitrogens with zero attached hydrogens (tertiary/aromatic N) is 1. The average molecular weight is 437 g/mol. The van der Waals surface area contributed by atoms with Gasteiger partial charge in [-0.1, -0.05) is 41.9 Å². The number of amides is 1. The molecule has 8 heteroatoms. The molecule has 1 amide bonds. The van der Waals surface area contributed by atoms with Crippen LogP contribution in [0.2, 0.25) is 5.02 Å². The Morgan fingerprint density at radius 2 is 1.97 bits per heavy atom. The Balaban J connectivity index is 1.52. The van der Waals surface area contributed by atoms with Crippen LogP contribution in [0.5, 0.6) is 0 Å². The maximum absolute atomic E-state index is 14.7. The van der Waals surface area contributed by atoms with Gasteiger partial charge in [0.15, 0.2) is 0 Å². The van der Waals surface area contributed by atoms with Crippen molar-refractivity contribution in [2.24, 2.45) is 5.92 Å². The van der Waals surface area contributed by atoms with E-state index in [0.29, 0.717) is 42.1 Å². The van der Waals surface area contributed by atoms with Crippen molar-refractivity contribution in [1.82, 2.24) is 9.62 Å². The molecule has 5 nitrogen and oxygen atoms in total. The minimum Gasteiger partial charge on any atom is -0.341 e. The van der Waals surface area contributed by atoms with Crippen molar-refractivity contribution in [2.75, 3.05) is 19.3 Å². The molecule has 1 aliphatic carbocycles. The molecule has 2 fully saturated rings. The quantitative estimate of drug-likeness (QED) is 0.781. The summed E-state index contributed by atoms with van der Waals surface area (Å²) in [5, 5.41) is 0.469. The standard InChI is InChI=1S/C21H22ClFN2O3S/c1-29(27,28)24-13-9-10-25(12-13)21(26)17-11-16(17)14-6-4-8-19(23)20(14)15-5-2-3-7-18(15)22/h2-8,13,16-17,24H,9-12H2,1H3/t13-,16-,17+/m0/s1. The van der Waals surface area contributed by atoms with Gasteiger partial charge in [0.2, 0.25) is 15.9 Å². The Morgan fingerprint density at radius 1 is 1.21 bits per heavy atom. The van der Waals surface area contributed by atoms with Gasteiger partial charge in [-0.2, -0.15) is 0 Å². The first-order chi connectivity index (χ1) is 13.7. The van der Waals surface area contributed by atoms with Crippen LogP contribution in [0, 0.1) is 11.7 Å². The molecule has 1 aliphatic heterocycles. The number of carbonyl (C=O) groups excluding carboxylic acids is 1. The van der Waals surface area contributed by atoms with E-state index in [-0.39, 0.29) is 29.6 Å². The van der Waals surface area contributed by atoms with Crippen molar-refractivity contribution >= 4 is 27.5 Å². The molecule has 154 valence electrons. The molecule has 1 saturated carbocycles. The number of rotatable bonds is 5. The summed E-state index contributed by atoms with van der Waals surface area (Å²) in [6.45, 7) is 0.894. The van der Waals surface area contributed by atoms with Crippen LogP contribution >= 0.6 is 11.6 Å². The zero-order valence-electron chi connectivity index (χ0n) is 15.9. The summed E-state index contributed by atoms with van der Waals surface area (Å²) in [6, 6.07) is 11.8. The number of hydrogen-bond acceptors (Lipinski definition) is 3. The highest BCUT2D eigenvalue weighted by atomic mass is 35.5. The van der Waals surface area contributed by atoms with Gasteiger partial charge in [-0.15, -0.1) is 0 Å². The zero-order chi connectivity index (χ0) is 20.8. The maximum atomic E-state index is 14.7. The molecule has 2 aromatic rings. The maximum Gasteiger partial charge on any atom is 0.226 e. The molecule has 29 heavy (non-hydrogen) atoms. The van der Waals surface area contributed by atoms with Gasteiger partial charge in [0.05, 0.1) is 6.26 Å². The highest BCUT2D eigenvalue weighted by Gasteiger charge is 2.48. The molecule has 0 aromatic heterocycles. The molecule has 4 rings (SSSR count). The Kier molecular flexibility index (Phi) is 5.40. The summed E-state index contributed by atoms with van der Waals surface area (Å²) in [5.74, 6) is -0.629. The SMILES string of the molecule is CS(=O)(=O)N[C@H]1CCN(C(=O)[C@@H]2C[C@H]2c2cccc(F)c2-c2ccccc2Cl)C1. The van der Waals surface area contributed by atoms with E-state index >= 15 is 0 Å². The fourth-order valence-corrected chi connectivity index (χ4v) is 5.23. The number of nitrogens with one attached hydrogen (secondary N) is 1. The summed E-state index contributed by atoms with van der Waals surface area (Å²) in [6.07, 6.45) is 2.37. The van der Waals surface area contributed by atoms with Crippen molar-refractivity contribution in [3.05, 3.63) is 58.9 Å². The van der Waals surface area contributed by atoms with Crippen LogP contribution in [0.25, 0.3) is 11.1 Å². The van der Waals surface area contributed by atoms with Crippen LogP contribution in [0.4, 0.5) is 4.39 Å². The van der Waals surface area contributed by atoms with Crippen LogP contribution in [-0.4, -0.2) is 44.6 Å². The van der Waals surface area contributed by atoms with Crippen molar-refractivity contribution in [1.29, 1.82) is 0 Å². The first-order valence-corrected chi connectivity index (χ1v) is 11.8. The summed E-state index contributed by atoms with van der Waals surface area (Å²) in [7, 11) is -3.30. The summed E-state index contributed by atoms with van der Waals surface area (Å²) in [4.78, 5) is 14.6. The third kappa shape index (κ3) is 4.32. The van der Waals surface area contributed by atoms with Crippen LogP contribution in [0.1, 0.15) is 24.3 Å². The summed E-state index contributed by atoms with van der Waals surface area (Å²) < 4.78 is 40.1. The van der Waals surface area contributed by atoms with Gasteiger partial charge in [0.25, 0.3) is 0 Å². The van der Waals surface area contributed by atoms with Gasteiger partial charge in [-0.25, -0.2) is 17.5 Å². The third-order valence-electron chi connectivity index (χ3n) is 5.58. The number of hydrogen-bond donors (Lipinski definition) is 1. The third-order valence-corrected chi connectivity index (χ3v) is 6.67. The second-order valence-electron chi connectivity index (χ2n) is 7.79. The average Bonchev–Trinajstić information content (AvgIpc) is 3.32. The first kappa shape index (κ1) is 20.3. The predicted octanol–water partition coefficient (Wildman–Crippen LogP) is 3.40. The number of sulfonamides is 1. The van der Waals surface area contributed by atoms with Crippen molar-refractivity contribution in [2.45, 2.75) is 24.8 Å². The van der Waals surface area contributed by atoms with E-state index in [1.165, 1.54) is 6.07 Å². The number of carbonyl (C=O) groups is 1. The van der Waals surface area contributed by atoms with E-state index in [9.17, 15) is 17.6 Å². The smallest absolute Gasteiger partial charge is 0.226 e. The molecule has 3 atom stereocenters.